The van der Waals surface area contributed by atoms with E-state index < -0.39 is 5.82 Å². The van der Waals surface area contributed by atoms with E-state index in [1.54, 1.807) is 12.1 Å². The van der Waals surface area contributed by atoms with Crippen LogP contribution in [0.4, 0.5) is 10.1 Å². The molecule has 1 aliphatic rings. The molecule has 1 atom stereocenters. The zero-order valence-corrected chi connectivity index (χ0v) is 15.4. The molecule has 1 saturated heterocycles. The number of carbonyl (C=O) groups excluding carboxylic acids is 1. The monoisotopic (exact) mass is 374 g/mol. The van der Waals surface area contributed by atoms with E-state index in [1.807, 2.05) is 19.1 Å². The van der Waals surface area contributed by atoms with Crippen molar-refractivity contribution in [3.63, 3.8) is 0 Å². The maximum atomic E-state index is 14.4. The number of methoxy groups -OCH3 is 1. The Morgan fingerprint density at radius 2 is 2.07 bits per heavy atom. The predicted molar refractivity (Wildman–Crippen MR) is 100 cm³/mol. The quantitative estimate of drug-likeness (QED) is 0.812. The van der Waals surface area contributed by atoms with E-state index >= 15 is 0 Å². The van der Waals surface area contributed by atoms with Gasteiger partial charge in [-0.3, -0.25) is 4.79 Å². The fourth-order valence-electron chi connectivity index (χ4n) is 2.83. The predicted octanol–water partition coefficient (Wildman–Crippen LogP) is 3.25. The van der Waals surface area contributed by atoms with E-state index in [0.29, 0.717) is 30.4 Å². The van der Waals surface area contributed by atoms with E-state index in [-0.39, 0.29) is 24.1 Å². The summed E-state index contributed by atoms with van der Waals surface area (Å²) in [5.41, 5.74) is 1.38. The van der Waals surface area contributed by atoms with Crippen molar-refractivity contribution >= 4 is 11.6 Å². The van der Waals surface area contributed by atoms with Crippen LogP contribution in [0.3, 0.4) is 0 Å². The minimum atomic E-state index is -0.574. The van der Waals surface area contributed by atoms with Crippen molar-refractivity contribution < 1.29 is 23.4 Å². The molecule has 2 aromatic carbocycles. The van der Waals surface area contributed by atoms with Crippen molar-refractivity contribution in [2.45, 2.75) is 19.4 Å². The van der Waals surface area contributed by atoms with Gasteiger partial charge in [0.15, 0.2) is 23.1 Å². The molecule has 144 valence electrons. The SMILES string of the molecule is COc1cc(C)ccc1Oc1ccc(NC(=O)CC2COCCN2)cc1F. The lowest BCUT2D eigenvalue weighted by Gasteiger charge is -2.23. The molecular weight excluding hydrogens is 351 g/mol. The molecule has 0 bridgehead atoms. The molecule has 0 aromatic heterocycles. The fourth-order valence-corrected chi connectivity index (χ4v) is 2.83. The van der Waals surface area contributed by atoms with Gasteiger partial charge in [-0.15, -0.1) is 0 Å². The number of rotatable bonds is 6. The van der Waals surface area contributed by atoms with Gasteiger partial charge in [-0.05, 0) is 36.8 Å². The van der Waals surface area contributed by atoms with Gasteiger partial charge in [0.1, 0.15) is 0 Å². The van der Waals surface area contributed by atoms with Crippen molar-refractivity contribution in [2.75, 3.05) is 32.2 Å². The Labute approximate surface area is 157 Å². The standard InChI is InChI=1S/C20H23FN2O4/c1-13-3-5-18(19(9-13)25-2)27-17-6-4-14(10-16(17)21)23-20(24)11-15-12-26-8-7-22-15/h3-6,9-10,15,22H,7-8,11-12H2,1-2H3,(H,23,24). The number of carbonyl (C=O) groups is 1. The third kappa shape index (κ3) is 5.18. The number of ether oxygens (including phenoxy) is 3. The van der Waals surface area contributed by atoms with E-state index in [2.05, 4.69) is 10.6 Å². The third-order valence-corrected chi connectivity index (χ3v) is 4.18. The highest BCUT2D eigenvalue weighted by atomic mass is 19.1. The molecule has 1 amide bonds. The van der Waals surface area contributed by atoms with Gasteiger partial charge in [-0.25, -0.2) is 4.39 Å². The Kier molecular flexibility index (Phi) is 6.26. The lowest BCUT2D eigenvalue weighted by atomic mass is 10.2. The van der Waals surface area contributed by atoms with Gasteiger partial charge < -0.3 is 24.8 Å². The zero-order valence-electron chi connectivity index (χ0n) is 15.4. The molecule has 0 aliphatic carbocycles. The van der Waals surface area contributed by atoms with E-state index in [1.165, 1.54) is 19.2 Å². The number of anilines is 1. The van der Waals surface area contributed by atoms with Crippen LogP contribution in [0.1, 0.15) is 12.0 Å². The average Bonchev–Trinajstić information content (AvgIpc) is 2.65. The van der Waals surface area contributed by atoms with Crippen molar-refractivity contribution in [3.05, 3.63) is 47.8 Å². The molecule has 0 spiro atoms. The molecule has 1 heterocycles. The number of amides is 1. The van der Waals surface area contributed by atoms with Crippen LogP contribution in [-0.4, -0.2) is 38.8 Å². The number of hydrogen-bond donors (Lipinski definition) is 2. The van der Waals surface area contributed by atoms with Crippen LogP contribution in [0.5, 0.6) is 17.2 Å². The average molecular weight is 374 g/mol. The first-order valence-electron chi connectivity index (χ1n) is 8.78. The number of morpholine rings is 1. The Balaban J connectivity index is 1.64. The van der Waals surface area contributed by atoms with E-state index in [0.717, 1.165) is 12.1 Å². The van der Waals surface area contributed by atoms with Crippen LogP contribution in [0.15, 0.2) is 36.4 Å². The fraction of sp³-hybridized carbons (Fsp3) is 0.350. The number of benzene rings is 2. The summed E-state index contributed by atoms with van der Waals surface area (Å²) in [7, 11) is 1.53. The van der Waals surface area contributed by atoms with Gasteiger partial charge in [0.2, 0.25) is 5.91 Å². The first-order valence-corrected chi connectivity index (χ1v) is 8.78. The van der Waals surface area contributed by atoms with Gasteiger partial charge >= 0.3 is 0 Å². The second-order valence-corrected chi connectivity index (χ2v) is 6.38. The van der Waals surface area contributed by atoms with Crippen molar-refractivity contribution in [1.29, 1.82) is 0 Å². The second-order valence-electron chi connectivity index (χ2n) is 6.38. The van der Waals surface area contributed by atoms with Crippen LogP contribution in [0, 0.1) is 12.7 Å². The molecule has 2 aromatic rings. The first-order chi connectivity index (χ1) is 13.0. The minimum absolute atomic E-state index is 0.0276. The van der Waals surface area contributed by atoms with E-state index in [4.69, 9.17) is 14.2 Å². The van der Waals surface area contributed by atoms with Gasteiger partial charge in [-0.1, -0.05) is 6.07 Å². The van der Waals surface area contributed by atoms with Crippen LogP contribution >= 0.6 is 0 Å². The summed E-state index contributed by atoms with van der Waals surface area (Å²) in [6.07, 6.45) is 0.264. The molecule has 7 heteroatoms. The molecule has 1 unspecified atom stereocenters. The molecule has 2 N–H and O–H groups in total. The molecule has 0 saturated carbocycles. The largest absolute Gasteiger partial charge is 0.493 e. The van der Waals surface area contributed by atoms with Crippen molar-refractivity contribution in [3.8, 4) is 17.2 Å². The summed E-state index contributed by atoms with van der Waals surface area (Å²) in [5, 5.41) is 5.90. The van der Waals surface area contributed by atoms with Gasteiger partial charge in [0.25, 0.3) is 0 Å². The Morgan fingerprint density at radius 3 is 2.78 bits per heavy atom. The molecule has 1 fully saturated rings. The maximum Gasteiger partial charge on any atom is 0.226 e. The van der Waals surface area contributed by atoms with Crippen LogP contribution in [0.2, 0.25) is 0 Å². The molecular formula is C20H23FN2O4. The van der Waals surface area contributed by atoms with Crippen LogP contribution in [0.25, 0.3) is 0 Å². The normalized spacial score (nSPS) is 16.6. The number of aryl methyl sites for hydroxylation is 1. The number of nitrogens with one attached hydrogen (secondary N) is 2. The second kappa shape index (κ2) is 8.83. The van der Waals surface area contributed by atoms with Crippen LogP contribution < -0.4 is 20.1 Å². The van der Waals surface area contributed by atoms with Gasteiger partial charge in [0, 0.05) is 30.8 Å². The van der Waals surface area contributed by atoms with Crippen molar-refractivity contribution in [2.24, 2.45) is 0 Å². The molecule has 3 rings (SSSR count). The summed E-state index contributed by atoms with van der Waals surface area (Å²) < 4.78 is 30.6. The van der Waals surface area contributed by atoms with Gasteiger partial charge in [0.05, 0.1) is 20.3 Å². The topological polar surface area (TPSA) is 68.8 Å². The van der Waals surface area contributed by atoms with Crippen LogP contribution in [-0.2, 0) is 9.53 Å². The zero-order chi connectivity index (χ0) is 19.2. The minimum Gasteiger partial charge on any atom is -0.493 e. The summed E-state index contributed by atoms with van der Waals surface area (Å²) in [6, 6.07) is 9.67. The van der Waals surface area contributed by atoms with E-state index in [9.17, 15) is 9.18 Å². The Hall–Kier alpha value is -2.64. The number of hydrogen-bond acceptors (Lipinski definition) is 5. The maximum absolute atomic E-state index is 14.4. The summed E-state index contributed by atoms with van der Waals surface area (Å²) >= 11 is 0. The Morgan fingerprint density at radius 1 is 1.26 bits per heavy atom. The lowest BCUT2D eigenvalue weighted by molar-refractivity contribution is -0.117. The highest BCUT2D eigenvalue weighted by molar-refractivity contribution is 5.91. The summed E-state index contributed by atoms with van der Waals surface area (Å²) in [5.74, 6) is 0.217. The highest BCUT2D eigenvalue weighted by Gasteiger charge is 2.17. The molecule has 0 radical (unpaired) electrons. The third-order valence-electron chi connectivity index (χ3n) is 4.18. The summed E-state index contributed by atoms with van der Waals surface area (Å²) in [6.45, 7) is 3.80. The molecule has 27 heavy (non-hydrogen) atoms. The number of halogens is 1. The molecule has 6 nitrogen and oxygen atoms in total. The smallest absolute Gasteiger partial charge is 0.226 e. The Bertz CT molecular complexity index is 807. The highest BCUT2D eigenvalue weighted by Crippen LogP contribution is 2.34. The first kappa shape index (κ1) is 19.1. The van der Waals surface area contributed by atoms with Gasteiger partial charge in [-0.2, -0.15) is 0 Å². The lowest BCUT2D eigenvalue weighted by Crippen LogP contribution is -2.43. The summed E-state index contributed by atoms with van der Waals surface area (Å²) in [4.78, 5) is 12.1. The van der Waals surface area contributed by atoms with Crippen molar-refractivity contribution in [1.82, 2.24) is 5.32 Å². The molecule has 1 aliphatic heterocycles.